The first-order valence-electron chi connectivity index (χ1n) is 5.32. The van der Waals surface area contributed by atoms with Gasteiger partial charge in [-0.3, -0.25) is 10.1 Å². The average molecular weight is 240 g/mol. The van der Waals surface area contributed by atoms with Gasteiger partial charge >= 0.3 is 0 Å². The highest BCUT2D eigenvalue weighted by Crippen LogP contribution is 2.40. The lowest BCUT2D eigenvalue weighted by molar-refractivity contribution is -0.128. The number of aromatic nitrogens is 3. The van der Waals surface area contributed by atoms with Gasteiger partial charge in [-0.15, -0.1) is 5.10 Å². The van der Waals surface area contributed by atoms with E-state index >= 15 is 0 Å². The van der Waals surface area contributed by atoms with Crippen LogP contribution in [-0.4, -0.2) is 26.9 Å². The van der Waals surface area contributed by atoms with Crippen LogP contribution in [0.2, 0.25) is 0 Å². The number of hydrogen-bond donors (Lipinski definition) is 1. The van der Waals surface area contributed by atoms with E-state index in [9.17, 15) is 4.79 Å². The minimum absolute atomic E-state index is 0.0389. The molecule has 1 amide bonds. The fraction of sp³-hybridized carbons (Fsp3) is 0.700. The van der Waals surface area contributed by atoms with Crippen LogP contribution in [0, 0.1) is 5.41 Å². The van der Waals surface area contributed by atoms with Gasteiger partial charge in [0.2, 0.25) is 11.9 Å². The summed E-state index contributed by atoms with van der Waals surface area (Å²) in [6, 6.07) is 0. The molecule has 0 radical (unpaired) electrons. The van der Waals surface area contributed by atoms with Crippen molar-refractivity contribution >= 4 is 23.6 Å². The van der Waals surface area contributed by atoms with Crippen molar-refractivity contribution in [2.24, 2.45) is 12.5 Å². The van der Waals surface area contributed by atoms with E-state index in [1.54, 1.807) is 4.68 Å². The van der Waals surface area contributed by atoms with Crippen LogP contribution < -0.4 is 5.32 Å². The van der Waals surface area contributed by atoms with Gasteiger partial charge in [0.15, 0.2) is 5.16 Å². The molecule has 0 saturated heterocycles. The van der Waals surface area contributed by atoms with Gasteiger partial charge in [0, 0.05) is 12.5 Å². The number of anilines is 1. The number of rotatable bonds is 3. The summed E-state index contributed by atoms with van der Waals surface area (Å²) in [4.78, 5) is 16.1. The molecule has 0 aliphatic heterocycles. The second kappa shape index (κ2) is 4.08. The first-order valence-corrected chi connectivity index (χ1v) is 6.54. The zero-order valence-electron chi connectivity index (χ0n) is 9.78. The third kappa shape index (κ3) is 1.93. The molecule has 6 heteroatoms. The number of aryl methyl sites for hydroxylation is 1. The van der Waals surface area contributed by atoms with Crippen molar-refractivity contribution in [2.75, 3.05) is 11.6 Å². The van der Waals surface area contributed by atoms with Gasteiger partial charge in [-0.05, 0) is 19.1 Å². The Hall–Kier alpha value is -1.04. The van der Waals surface area contributed by atoms with Crippen molar-refractivity contribution in [1.82, 2.24) is 14.8 Å². The maximum atomic E-state index is 11.9. The molecule has 1 aromatic rings. The maximum Gasteiger partial charge on any atom is 0.249 e. The van der Waals surface area contributed by atoms with Crippen molar-refractivity contribution in [2.45, 2.75) is 31.3 Å². The Morgan fingerprint density at radius 2 is 2.25 bits per heavy atom. The largest absolute Gasteiger partial charge is 0.293 e. The predicted octanol–water partition coefficient (Wildman–Crippen LogP) is 1.67. The van der Waals surface area contributed by atoms with Gasteiger partial charge in [0.1, 0.15) is 0 Å². The molecule has 2 rings (SSSR count). The summed E-state index contributed by atoms with van der Waals surface area (Å²) in [7, 11) is 1.82. The average Bonchev–Trinajstić information content (AvgIpc) is 2.55. The SMILES string of the molecule is CSc1nc(NC(=O)C2(C)CCC2)nn1C. The van der Waals surface area contributed by atoms with Crippen LogP contribution in [0.3, 0.4) is 0 Å². The molecule has 1 aliphatic carbocycles. The lowest BCUT2D eigenvalue weighted by atomic mass is 9.70. The molecule has 0 atom stereocenters. The number of nitrogens with one attached hydrogen (secondary N) is 1. The molecule has 0 bridgehead atoms. The standard InChI is InChI=1S/C10H16N4OS/c1-10(5-4-6-10)7(15)11-8-12-9(16-3)14(2)13-8/h4-6H2,1-3H3,(H,11,13,15). The summed E-state index contributed by atoms with van der Waals surface area (Å²) in [5.74, 6) is 0.446. The van der Waals surface area contributed by atoms with Gasteiger partial charge in [0.05, 0.1) is 0 Å². The Bertz CT molecular complexity index is 411. The van der Waals surface area contributed by atoms with E-state index in [2.05, 4.69) is 15.4 Å². The highest BCUT2D eigenvalue weighted by molar-refractivity contribution is 7.98. The molecule has 0 spiro atoms. The minimum Gasteiger partial charge on any atom is -0.293 e. The molecule has 1 aliphatic rings. The molecule has 0 unspecified atom stereocenters. The van der Waals surface area contributed by atoms with Gasteiger partial charge in [-0.1, -0.05) is 25.1 Å². The van der Waals surface area contributed by atoms with Crippen LogP contribution in [0.25, 0.3) is 0 Å². The van der Waals surface area contributed by atoms with E-state index in [1.807, 2.05) is 20.2 Å². The quantitative estimate of drug-likeness (QED) is 0.816. The van der Waals surface area contributed by atoms with Crippen LogP contribution >= 0.6 is 11.8 Å². The maximum absolute atomic E-state index is 11.9. The molecule has 1 aromatic heterocycles. The van der Waals surface area contributed by atoms with Crippen molar-refractivity contribution < 1.29 is 4.79 Å². The first kappa shape index (κ1) is 11.4. The number of thioether (sulfide) groups is 1. The molecule has 1 heterocycles. The summed E-state index contributed by atoms with van der Waals surface area (Å²) in [5, 5.41) is 7.73. The Labute approximate surface area is 99.0 Å². The molecule has 16 heavy (non-hydrogen) atoms. The molecule has 88 valence electrons. The Kier molecular flexibility index (Phi) is 2.92. The lowest BCUT2D eigenvalue weighted by Crippen LogP contribution is -2.39. The zero-order chi connectivity index (χ0) is 11.8. The minimum atomic E-state index is -0.210. The fourth-order valence-electron chi connectivity index (χ4n) is 1.79. The predicted molar refractivity (Wildman–Crippen MR) is 63.4 cm³/mol. The van der Waals surface area contributed by atoms with Gasteiger partial charge in [-0.2, -0.15) is 4.98 Å². The smallest absolute Gasteiger partial charge is 0.249 e. The van der Waals surface area contributed by atoms with Crippen LogP contribution in [0.1, 0.15) is 26.2 Å². The fourth-order valence-corrected chi connectivity index (χ4v) is 2.27. The molecule has 1 fully saturated rings. The van der Waals surface area contributed by atoms with E-state index < -0.39 is 0 Å². The van der Waals surface area contributed by atoms with Crippen molar-refractivity contribution in [1.29, 1.82) is 0 Å². The first-order chi connectivity index (χ1) is 7.55. The lowest BCUT2D eigenvalue weighted by Gasteiger charge is -2.35. The van der Waals surface area contributed by atoms with Gasteiger partial charge in [-0.25, -0.2) is 4.68 Å². The van der Waals surface area contributed by atoms with Crippen LogP contribution in [-0.2, 0) is 11.8 Å². The van der Waals surface area contributed by atoms with Crippen molar-refractivity contribution in [3.63, 3.8) is 0 Å². The van der Waals surface area contributed by atoms with Crippen LogP contribution in [0.15, 0.2) is 5.16 Å². The third-order valence-electron chi connectivity index (χ3n) is 3.14. The summed E-state index contributed by atoms with van der Waals surface area (Å²) in [5.41, 5.74) is -0.210. The van der Waals surface area contributed by atoms with Crippen LogP contribution in [0.5, 0.6) is 0 Å². The zero-order valence-corrected chi connectivity index (χ0v) is 10.6. The molecular formula is C10H16N4OS. The Balaban J connectivity index is 2.06. The topological polar surface area (TPSA) is 59.8 Å². The van der Waals surface area contributed by atoms with E-state index in [4.69, 9.17) is 0 Å². The van der Waals surface area contributed by atoms with E-state index in [-0.39, 0.29) is 11.3 Å². The number of hydrogen-bond acceptors (Lipinski definition) is 4. The Morgan fingerprint density at radius 3 is 2.69 bits per heavy atom. The number of carbonyl (C=O) groups excluding carboxylic acids is 1. The summed E-state index contributed by atoms with van der Waals surface area (Å²) >= 11 is 1.51. The second-order valence-corrected chi connectivity index (χ2v) is 5.19. The summed E-state index contributed by atoms with van der Waals surface area (Å²) in [6.07, 6.45) is 4.99. The molecule has 1 saturated carbocycles. The number of carbonyl (C=O) groups is 1. The molecule has 0 aromatic carbocycles. The van der Waals surface area contributed by atoms with Crippen molar-refractivity contribution in [3.05, 3.63) is 0 Å². The van der Waals surface area contributed by atoms with Crippen LogP contribution in [0.4, 0.5) is 5.95 Å². The van der Waals surface area contributed by atoms with Crippen molar-refractivity contribution in [3.8, 4) is 0 Å². The monoisotopic (exact) mass is 240 g/mol. The summed E-state index contributed by atoms with van der Waals surface area (Å²) < 4.78 is 1.67. The van der Waals surface area contributed by atoms with Gasteiger partial charge < -0.3 is 0 Å². The summed E-state index contributed by atoms with van der Waals surface area (Å²) in [6.45, 7) is 1.99. The Morgan fingerprint density at radius 1 is 1.56 bits per heavy atom. The number of amides is 1. The number of nitrogens with zero attached hydrogens (tertiary/aromatic N) is 3. The highest BCUT2D eigenvalue weighted by atomic mass is 32.2. The molecule has 1 N–H and O–H groups in total. The molecular weight excluding hydrogens is 224 g/mol. The highest BCUT2D eigenvalue weighted by Gasteiger charge is 2.39. The molecule has 5 nitrogen and oxygen atoms in total. The van der Waals surface area contributed by atoms with E-state index in [0.717, 1.165) is 24.4 Å². The normalized spacial score (nSPS) is 17.9. The van der Waals surface area contributed by atoms with Gasteiger partial charge in [0.25, 0.3) is 0 Å². The second-order valence-electron chi connectivity index (χ2n) is 4.41. The third-order valence-corrected chi connectivity index (χ3v) is 3.86. The van der Waals surface area contributed by atoms with E-state index in [0.29, 0.717) is 5.95 Å². The van der Waals surface area contributed by atoms with E-state index in [1.165, 1.54) is 11.8 Å².